The van der Waals surface area contributed by atoms with Crippen LogP contribution in [0.25, 0.3) is 10.9 Å². The van der Waals surface area contributed by atoms with E-state index in [0.717, 1.165) is 22.7 Å². The van der Waals surface area contributed by atoms with Crippen molar-refractivity contribution in [2.75, 3.05) is 39.3 Å². The SMILES string of the molecule is CCCC[C@H](NC(=O)[C@@H]1CCCN1C(=O)[C@H](CCCN=C(N)N)NC(=O)[C@@H](CO)NC(C)=O)C(=O)N[C@H]1CCC(=O)ONCCCC[C@@H](C(N)=O)NC(=O)[C@H](Cc2c[nH]c3ccccc23)NC(=O)[C@H](CCCN=C(N)N)NC(=O)[C@@H](Cc2ccccc2)NC(=O)[C@@H]2CC(O)CN2C1=O. The number of aliphatic hydroxyl groups excluding tert-OH is 2. The summed E-state index contributed by atoms with van der Waals surface area (Å²) in [5.41, 5.74) is 32.5. The fraction of sp³-hybridized carbons (Fsp3) is 0.562. The third-order valence-corrected chi connectivity index (χ3v) is 17.0. The highest BCUT2D eigenvalue weighted by atomic mass is 16.7. The van der Waals surface area contributed by atoms with Gasteiger partial charge in [-0.15, -0.1) is 0 Å². The zero-order valence-electron chi connectivity index (χ0n) is 55.3. The topological polar surface area (TPSA) is 540 Å². The number of hydroxylamine groups is 1. The number of rotatable bonds is 25. The molecule has 3 aromatic rings. The molecule has 6 rings (SSSR count). The Morgan fingerprint density at radius 2 is 1.36 bits per heavy atom. The number of benzene rings is 2. The lowest BCUT2D eigenvalue weighted by Gasteiger charge is -2.32. The zero-order chi connectivity index (χ0) is 71.4. The molecule has 3 aliphatic heterocycles. The van der Waals surface area contributed by atoms with E-state index in [1.807, 2.05) is 25.1 Å². The normalized spacial score (nSPS) is 22.7. The van der Waals surface area contributed by atoms with Gasteiger partial charge in [-0.1, -0.05) is 68.3 Å². The fourth-order valence-corrected chi connectivity index (χ4v) is 11.9. The molecule has 1 unspecified atom stereocenters. The monoisotopic (exact) mass is 1370 g/mol. The molecule has 3 aliphatic rings. The standard InChI is InChI=1S/C64H95N19O15/c1-3-4-18-43(77-59(94)50-23-14-29-82(50)61(96)45(22-13-27-71-64(68)69)78-58(93)49(35-84)74-36(2)85)54(89)79-46-24-25-52(87)98-73-28-11-10-20-42(53(65)88)75-57(92)48(31-38-33-72-41-19-9-8-17-40(38)41)80-55(90)44(21-12-26-70-63(66)67)76-56(91)47(30-37-15-6-5-7-16-37)81-60(95)51-32-39(86)34-83(51)62(46)97/h5-9,15-17,19,33,39,42-51,72-73,84,86H,3-4,10-14,18,20-32,34-35H2,1-2H3,(H2,65,88)(H,74,85)(H,75,92)(H,76,91)(H,77,94)(H,78,93)(H,79,89)(H,80,90)(H,81,95)(H4,66,67,70)(H4,68,69,71)/t39?,42-,43-,44-,45-,46-,47+,48-,49+,50-,51-/m0/s1. The lowest BCUT2D eigenvalue weighted by Crippen LogP contribution is -2.60. The number of carbonyl (C=O) groups excluding carboxylic acids is 12. The summed E-state index contributed by atoms with van der Waals surface area (Å²) in [7, 11) is 0. The molecule has 4 heterocycles. The van der Waals surface area contributed by atoms with E-state index in [9.17, 15) is 63.0 Å². The highest BCUT2D eigenvalue weighted by Gasteiger charge is 2.45. The van der Waals surface area contributed by atoms with Crippen LogP contribution >= 0.6 is 0 Å². The summed E-state index contributed by atoms with van der Waals surface area (Å²) < 4.78 is 0. The number of aliphatic imine (C=N–C) groups is 2. The number of nitrogens with two attached hydrogens (primary N) is 5. The van der Waals surface area contributed by atoms with E-state index in [2.05, 4.69) is 63.0 Å². The number of primary amides is 1. The second kappa shape index (κ2) is 38.7. The molecule has 0 aliphatic carbocycles. The molecule has 98 heavy (non-hydrogen) atoms. The zero-order valence-corrected chi connectivity index (χ0v) is 55.3. The van der Waals surface area contributed by atoms with Crippen molar-refractivity contribution in [3.63, 3.8) is 0 Å². The van der Waals surface area contributed by atoms with Crippen molar-refractivity contribution in [2.45, 2.75) is 190 Å². The van der Waals surface area contributed by atoms with Gasteiger partial charge in [-0.2, -0.15) is 5.48 Å². The molecule has 0 saturated carbocycles. The van der Waals surface area contributed by atoms with Crippen molar-refractivity contribution < 1.29 is 72.6 Å². The van der Waals surface area contributed by atoms with Crippen molar-refractivity contribution >= 4 is 93.8 Å². The molecule has 11 atom stereocenters. The van der Waals surface area contributed by atoms with Crippen LogP contribution < -0.4 is 76.7 Å². The molecule has 0 bridgehead atoms. The second-order valence-corrected chi connectivity index (χ2v) is 24.5. The highest BCUT2D eigenvalue weighted by Crippen LogP contribution is 2.25. The number of likely N-dealkylation sites (tertiary alicyclic amines) is 1. The molecule has 3 saturated heterocycles. The van der Waals surface area contributed by atoms with Crippen molar-refractivity contribution in [2.24, 2.45) is 38.7 Å². The minimum absolute atomic E-state index is 0.00599. The van der Waals surface area contributed by atoms with Crippen LogP contribution in [0.3, 0.4) is 0 Å². The molecule has 0 radical (unpaired) electrons. The summed E-state index contributed by atoms with van der Waals surface area (Å²) >= 11 is 0. The van der Waals surface area contributed by atoms with E-state index in [1.165, 1.54) is 4.90 Å². The van der Waals surface area contributed by atoms with Gasteiger partial charge in [0.05, 0.1) is 12.7 Å². The Morgan fingerprint density at radius 3 is 2.05 bits per heavy atom. The molecule has 34 nitrogen and oxygen atoms in total. The number of hydrogen-bond donors (Lipinski definition) is 17. The maximum absolute atomic E-state index is 15.2. The number of carbonyl (C=O) groups is 12. The Balaban J connectivity index is 1.31. The molecule has 34 heteroatoms. The van der Waals surface area contributed by atoms with Crippen molar-refractivity contribution in [3.05, 3.63) is 71.9 Å². The number of aliphatic hydroxyl groups is 2. The average molecular weight is 1370 g/mol. The minimum Gasteiger partial charge on any atom is -0.394 e. The Kier molecular flexibility index (Phi) is 30.4. The molecule has 22 N–H and O–H groups in total. The molecule has 11 amide bonds. The number of nitrogens with one attached hydrogen (secondary N) is 10. The van der Waals surface area contributed by atoms with E-state index in [4.69, 9.17) is 33.5 Å². The average Bonchev–Trinajstić information content (AvgIpc) is 1.62. The third kappa shape index (κ3) is 23.7. The number of fused-ring (bicyclic) bond motifs is 2. The van der Waals surface area contributed by atoms with Gasteiger partial charge < -0.3 is 101 Å². The Hall–Kier alpha value is -9.96. The second-order valence-electron chi connectivity index (χ2n) is 24.5. The van der Waals surface area contributed by atoms with E-state index in [-0.39, 0.29) is 115 Å². The number of aromatic nitrogens is 1. The van der Waals surface area contributed by atoms with Gasteiger partial charge in [0.15, 0.2) is 11.9 Å². The predicted octanol–water partition coefficient (Wildman–Crippen LogP) is -4.41. The quantitative estimate of drug-likeness (QED) is 0.0216. The maximum Gasteiger partial charge on any atom is 0.324 e. The lowest BCUT2D eigenvalue weighted by molar-refractivity contribution is -0.152. The largest absolute Gasteiger partial charge is 0.394 e. The number of guanidine groups is 2. The van der Waals surface area contributed by atoms with Crippen LogP contribution in [0.5, 0.6) is 0 Å². The molecular formula is C64H95N19O15. The summed E-state index contributed by atoms with van der Waals surface area (Å²) in [6, 6.07) is 1.76. The van der Waals surface area contributed by atoms with Gasteiger partial charge in [0.1, 0.15) is 60.4 Å². The first kappa shape index (κ1) is 77.1. The summed E-state index contributed by atoms with van der Waals surface area (Å²) in [4.78, 5) is 188. The first-order chi connectivity index (χ1) is 46.9. The van der Waals surface area contributed by atoms with Gasteiger partial charge in [0, 0.05) is 82.4 Å². The number of aromatic amines is 1. The Morgan fingerprint density at radius 1 is 0.704 bits per heavy atom. The minimum atomic E-state index is -1.65. The van der Waals surface area contributed by atoms with Crippen LogP contribution in [0.2, 0.25) is 0 Å². The van der Waals surface area contributed by atoms with Gasteiger partial charge in [0.2, 0.25) is 65.0 Å². The van der Waals surface area contributed by atoms with Gasteiger partial charge in [-0.25, -0.2) is 0 Å². The highest BCUT2D eigenvalue weighted by molar-refractivity contribution is 6.00. The number of unbranched alkanes of at least 4 members (excludes halogenated alkanes) is 1. The number of hydrogen-bond acceptors (Lipinski definition) is 18. The fourth-order valence-electron chi connectivity index (χ4n) is 11.9. The van der Waals surface area contributed by atoms with Crippen molar-refractivity contribution in [3.8, 4) is 0 Å². The van der Waals surface area contributed by atoms with Crippen LogP contribution in [-0.2, 0) is 75.2 Å². The third-order valence-electron chi connectivity index (χ3n) is 17.0. The van der Waals surface area contributed by atoms with Gasteiger partial charge in [-0.3, -0.25) is 67.5 Å². The van der Waals surface area contributed by atoms with E-state index in [1.54, 1.807) is 42.6 Å². The van der Waals surface area contributed by atoms with Crippen LogP contribution in [-0.4, -0.2) is 214 Å². The predicted molar refractivity (Wildman–Crippen MR) is 357 cm³/mol. The van der Waals surface area contributed by atoms with Crippen LogP contribution in [0.4, 0.5) is 0 Å². The first-order valence-electron chi connectivity index (χ1n) is 33.1. The van der Waals surface area contributed by atoms with Gasteiger partial charge in [-0.05, 0) is 87.8 Å². The van der Waals surface area contributed by atoms with E-state index in [0.29, 0.717) is 30.4 Å². The van der Waals surface area contributed by atoms with Crippen LogP contribution in [0.15, 0.2) is 70.8 Å². The van der Waals surface area contributed by atoms with Crippen molar-refractivity contribution in [1.29, 1.82) is 0 Å². The summed E-state index contributed by atoms with van der Waals surface area (Å²) in [6.45, 7) is 1.86. The van der Waals surface area contributed by atoms with Crippen LogP contribution in [0.1, 0.15) is 121 Å². The molecule has 1 aromatic heterocycles. The van der Waals surface area contributed by atoms with Crippen LogP contribution in [0, 0.1) is 0 Å². The molecule has 0 spiro atoms. The summed E-state index contributed by atoms with van der Waals surface area (Å²) in [6.07, 6.45) is 0.688. The Bertz CT molecular complexity index is 3320. The number of para-hydroxylation sites is 1. The van der Waals surface area contributed by atoms with Crippen molar-refractivity contribution in [1.82, 2.24) is 62.8 Å². The number of H-pyrrole nitrogens is 1. The Labute approximate surface area is 566 Å². The summed E-state index contributed by atoms with van der Waals surface area (Å²) in [5.74, 6) is -10.5. The smallest absolute Gasteiger partial charge is 0.324 e. The van der Waals surface area contributed by atoms with E-state index < -0.39 is 163 Å². The molecule has 2 aromatic carbocycles. The molecule has 536 valence electrons. The molecule has 3 fully saturated rings. The lowest BCUT2D eigenvalue weighted by atomic mass is 10.0. The van der Waals surface area contributed by atoms with Gasteiger partial charge in [0.25, 0.3) is 0 Å². The van der Waals surface area contributed by atoms with E-state index >= 15 is 4.79 Å². The first-order valence-corrected chi connectivity index (χ1v) is 33.1. The molecular weight excluding hydrogens is 1270 g/mol. The number of amides is 11. The summed E-state index contributed by atoms with van der Waals surface area (Å²) in [5, 5.41) is 43.2. The van der Waals surface area contributed by atoms with Gasteiger partial charge >= 0.3 is 5.97 Å². The maximum atomic E-state index is 15.2. The number of nitrogens with zero attached hydrogens (tertiary/aromatic N) is 4.